The lowest BCUT2D eigenvalue weighted by Gasteiger charge is -2.16. The molecule has 2 rings (SSSR count). The Hall–Kier alpha value is -2.57. The minimum absolute atomic E-state index is 0.102. The fraction of sp³-hybridized carbons (Fsp3) is 0.308. The summed E-state index contributed by atoms with van der Waals surface area (Å²) in [5.74, 6) is -0.101. The van der Waals surface area contributed by atoms with Gasteiger partial charge in [-0.25, -0.2) is 0 Å². The molecule has 0 aliphatic rings. The van der Waals surface area contributed by atoms with Gasteiger partial charge in [0, 0.05) is 26.5 Å². The number of hydrogen-bond donors (Lipinski definition) is 0. The SMILES string of the molecule is COC(=O)CN(C)C(=O)c1cnn(C)c1-n1cccc1. The first kappa shape index (κ1) is 13.9. The Kier molecular flexibility index (Phi) is 3.88. The lowest BCUT2D eigenvalue weighted by atomic mass is 10.3. The lowest BCUT2D eigenvalue weighted by molar-refractivity contribution is -0.141. The van der Waals surface area contributed by atoms with Gasteiger partial charge < -0.3 is 14.2 Å². The maximum Gasteiger partial charge on any atom is 0.325 e. The van der Waals surface area contributed by atoms with Crippen molar-refractivity contribution in [3.63, 3.8) is 0 Å². The summed E-state index contributed by atoms with van der Waals surface area (Å²) in [6.45, 7) is -0.102. The van der Waals surface area contributed by atoms with Crippen LogP contribution >= 0.6 is 0 Å². The first-order valence-corrected chi connectivity index (χ1v) is 6.02. The minimum atomic E-state index is -0.466. The molecule has 0 aromatic carbocycles. The molecule has 0 atom stereocenters. The van der Waals surface area contributed by atoms with Crippen LogP contribution in [0.25, 0.3) is 5.82 Å². The highest BCUT2D eigenvalue weighted by Crippen LogP contribution is 2.15. The van der Waals surface area contributed by atoms with Crippen LogP contribution < -0.4 is 0 Å². The molecule has 0 radical (unpaired) electrons. The second kappa shape index (κ2) is 5.60. The number of aryl methyl sites for hydroxylation is 1. The first-order valence-electron chi connectivity index (χ1n) is 6.02. The highest BCUT2D eigenvalue weighted by Gasteiger charge is 2.22. The van der Waals surface area contributed by atoms with Crippen molar-refractivity contribution in [2.45, 2.75) is 0 Å². The molecule has 106 valence electrons. The second-order valence-corrected chi connectivity index (χ2v) is 4.33. The van der Waals surface area contributed by atoms with Gasteiger partial charge in [-0.1, -0.05) is 0 Å². The third kappa shape index (κ3) is 2.56. The van der Waals surface area contributed by atoms with Gasteiger partial charge in [0.15, 0.2) is 0 Å². The molecule has 0 spiro atoms. The maximum atomic E-state index is 12.4. The Bertz CT molecular complexity index is 616. The molecule has 0 saturated carbocycles. The summed E-state index contributed by atoms with van der Waals surface area (Å²) in [4.78, 5) is 24.9. The summed E-state index contributed by atoms with van der Waals surface area (Å²) in [5.41, 5.74) is 0.426. The van der Waals surface area contributed by atoms with Crippen molar-refractivity contribution < 1.29 is 14.3 Å². The molecule has 20 heavy (non-hydrogen) atoms. The van der Waals surface area contributed by atoms with Gasteiger partial charge in [-0.2, -0.15) is 5.10 Å². The minimum Gasteiger partial charge on any atom is -0.468 e. The van der Waals surface area contributed by atoms with Crippen LogP contribution in [0.4, 0.5) is 0 Å². The van der Waals surface area contributed by atoms with Crippen LogP contribution in [0.1, 0.15) is 10.4 Å². The summed E-state index contributed by atoms with van der Waals surface area (Å²) >= 11 is 0. The van der Waals surface area contributed by atoms with E-state index in [1.54, 1.807) is 23.3 Å². The summed E-state index contributed by atoms with van der Waals surface area (Å²) in [5, 5.41) is 4.11. The van der Waals surface area contributed by atoms with Crippen LogP contribution in [0.3, 0.4) is 0 Å². The molecule has 0 aliphatic carbocycles. The number of methoxy groups -OCH3 is 1. The molecule has 0 fully saturated rings. The van der Waals surface area contributed by atoms with Crippen molar-refractivity contribution in [3.05, 3.63) is 36.3 Å². The Labute approximate surface area is 116 Å². The van der Waals surface area contributed by atoms with E-state index in [4.69, 9.17) is 0 Å². The van der Waals surface area contributed by atoms with Crippen molar-refractivity contribution >= 4 is 11.9 Å². The van der Waals surface area contributed by atoms with Gasteiger partial charge in [0.05, 0.1) is 13.3 Å². The van der Waals surface area contributed by atoms with E-state index in [0.717, 1.165) is 0 Å². The first-order chi connectivity index (χ1) is 9.54. The van der Waals surface area contributed by atoms with Gasteiger partial charge >= 0.3 is 5.97 Å². The number of amides is 1. The highest BCUT2D eigenvalue weighted by molar-refractivity contribution is 5.98. The van der Waals surface area contributed by atoms with E-state index < -0.39 is 5.97 Å². The van der Waals surface area contributed by atoms with E-state index in [1.165, 1.54) is 18.2 Å². The number of carbonyl (C=O) groups is 2. The summed E-state index contributed by atoms with van der Waals surface area (Å²) in [7, 11) is 4.59. The molecule has 0 aliphatic heterocycles. The molecule has 2 aromatic heterocycles. The number of hydrogen-bond acceptors (Lipinski definition) is 4. The standard InChI is InChI=1S/C13H16N4O3/c1-15(9-11(18)20-3)13(19)10-8-14-16(2)12(10)17-6-4-5-7-17/h4-8H,9H2,1-3H3. The van der Waals surface area contributed by atoms with Crippen LogP contribution in [0.15, 0.2) is 30.7 Å². The van der Waals surface area contributed by atoms with E-state index in [1.807, 2.05) is 24.5 Å². The summed E-state index contributed by atoms with van der Waals surface area (Å²) in [6.07, 6.45) is 5.15. The number of carbonyl (C=O) groups excluding carboxylic acids is 2. The van der Waals surface area contributed by atoms with E-state index >= 15 is 0 Å². The topological polar surface area (TPSA) is 69.4 Å². The van der Waals surface area contributed by atoms with E-state index in [9.17, 15) is 9.59 Å². The predicted octanol–water partition coefficient (Wildman–Crippen LogP) is 0.456. The molecule has 0 N–H and O–H groups in total. The summed E-state index contributed by atoms with van der Waals surface area (Å²) < 4.78 is 7.96. The van der Waals surface area contributed by atoms with Gasteiger partial charge in [-0.15, -0.1) is 0 Å². The second-order valence-electron chi connectivity index (χ2n) is 4.33. The average Bonchev–Trinajstić information content (AvgIpc) is 3.06. The zero-order valence-corrected chi connectivity index (χ0v) is 11.6. The van der Waals surface area contributed by atoms with E-state index in [0.29, 0.717) is 11.4 Å². The Morgan fingerprint density at radius 2 is 2.00 bits per heavy atom. The Morgan fingerprint density at radius 3 is 2.60 bits per heavy atom. The van der Waals surface area contributed by atoms with Crippen molar-refractivity contribution in [1.29, 1.82) is 0 Å². The van der Waals surface area contributed by atoms with Crippen molar-refractivity contribution in [2.24, 2.45) is 7.05 Å². The van der Waals surface area contributed by atoms with Crippen molar-refractivity contribution in [2.75, 3.05) is 20.7 Å². The number of nitrogens with zero attached hydrogens (tertiary/aromatic N) is 4. The van der Waals surface area contributed by atoms with E-state index in [2.05, 4.69) is 9.84 Å². The molecule has 7 nitrogen and oxygen atoms in total. The fourth-order valence-corrected chi connectivity index (χ4v) is 1.90. The van der Waals surface area contributed by atoms with E-state index in [-0.39, 0.29) is 12.5 Å². The molecule has 0 unspecified atom stereocenters. The average molecular weight is 276 g/mol. The van der Waals surface area contributed by atoms with Crippen LogP contribution in [0, 0.1) is 0 Å². The third-order valence-corrected chi connectivity index (χ3v) is 2.93. The highest BCUT2D eigenvalue weighted by atomic mass is 16.5. The normalized spacial score (nSPS) is 10.3. The number of ether oxygens (including phenoxy) is 1. The molecular weight excluding hydrogens is 260 g/mol. The third-order valence-electron chi connectivity index (χ3n) is 2.93. The molecule has 1 amide bonds. The van der Waals surface area contributed by atoms with Gasteiger partial charge in [-0.3, -0.25) is 14.3 Å². The van der Waals surface area contributed by atoms with Gasteiger partial charge in [0.1, 0.15) is 17.9 Å². The smallest absolute Gasteiger partial charge is 0.325 e. The zero-order valence-electron chi connectivity index (χ0n) is 11.6. The van der Waals surface area contributed by atoms with Gasteiger partial charge in [-0.05, 0) is 12.1 Å². The Morgan fingerprint density at radius 1 is 1.35 bits per heavy atom. The molecule has 0 bridgehead atoms. The van der Waals surface area contributed by atoms with Crippen molar-refractivity contribution in [3.8, 4) is 5.82 Å². The molecule has 0 saturated heterocycles. The number of aromatic nitrogens is 3. The molecule has 7 heteroatoms. The molecular formula is C13H16N4O3. The summed E-state index contributed by atoms with van der Waals surface area (Å²) in [6, 6.07) is 3.72. The number of rotatable bonds is 4. The van der Waals surface area contributed by atoms with Crippen LogP contribution in [-0.4, -0.2) is 51.8 Å². The zero-order chi connectivity index (χ0) is 14.7. The number of esters is 1. The van der Waals surface area contributed by atoms with Crippen LogP contribution in [-0.2, 0) is 16.6 Å². The monoisotopic (exact) mass is 276 g/mol. The fourth-order valence-electron chi connectivity index (χ4n) is 1.90. The predicted molar refractivity (Wildman–Crippen MR) is 71.5 cm³/mol. The largest absolute Gasteiger partial charge is 0.468 e. The van der Waals surface area contributed by atoms with Gasteiger partial charge in [0.2, 0.25) is 0 Å². The van der Waals surface area contributed by atoms with Crippen molar-refractivity contribution in [1.82, 2.24) is 19.2 Å². The van der Waals surface area contributed by atoms with Crippen LogP contribution in [0.2, 0.25) is 0 Å². The maximum absolute atomic E-state index is 12.4. The molecule has 2 aromatic rings. The lowest BCUT2D eigenvalue weighted by Crippen LogP contribution is -2.33. The molecule has 2 heterocycles. The quantitative estimate of drug-likeness (QED) is 0.761. The number of likely N-dealkylation sites (N-methyl/N-ethyl adjacent to an activating group) is 1. The van der Waals surface area contributed by atoms with Gasteiger partial charge in [0.25, 0.3) is 5.91 Å². The van der Waals surface area contributed by atoms with Crippen LogP contribution in [0.5, 0.6) is 0 Å². The Balaban J connectivity index is 2.30.